The minimum Gasteiger partial charge on any atom is -0.450 e. The van der Waals surface area contributed by atoms with E-state index in [1.807, 2.05) is 0 Å². The second-order valence-corrected chi connectivity index (χ2v) is 6.42. The van der Waals surface area contributed by atoms with Crippen LogP contribution in [0.3, 0.4) is 0 Å². The van der Waals surface area contributed by atoms with Crippen LogP contribution in [-0.4, -0.2) is 67.8 Å². The highest BCUT2D eigenvalue weighted by Crippen LogP contribution is 2.12. The van der Waals surface area contributed by atoms with Gasteiger partial charge in [-0.1, -0.05) is 0 Å². The normalized spacial score (nSPS) is 21.0. The van der Waals surface area contributed by atoms with Gasteiger partial charge in [0.1, 0.15) is 6.10 Å². The number of nitrogens with zero attached hydrogens (tertiary/aromatic N) is 1. The lowest BCUT2D eigenvalue weighted by Crippen LogP contribution is -2.46. The van der Waals surface area contributed by atoms with Gasteiger partial charge in [0.25, 0.3) is 0 Å². The third-order valence-corrected chi connectivity index (χ3v) is 4.49. The van der Waals surface area contributed by atoms with Gasteiger partial charge in [-0.15, -0.1) is 0 Å². The summed E-state index contributed by atoms with van der Waals surface area (Å²) >= 11 is 0. The summed E-state index contributed by atoms with van der Waals surface area (Å²) in [6.45, 7) is 4.48. The quantitative estimate of drug-likeness (QED) is 0.659. The predicted molar refractivity (Wildman–Crippen MR) is 91.0 cm³/mol. The number of likely N-dealkylation sites (tertiary alicyclic amines) is 1. The number of rotatable bonds is 7. The Hall–Kier alpha value is -1.83. The van der Waals surface area contributed by atoms with Gasteiger partial charge in [-0.2, -0.15) is 0 Å². The van der Waals surface area contributed by atoms with E-state index in [0.717, 1.165) is 25.7 Å². The van der Waals surface area contributed by atoms with Crippen molar-refractivity contribution in [2.75, 3.05) is 32.8 Å². The van der Waals surface area contributed by atoms with Crippen molar-refractivity contribution in [2.45, 2.75) is 57.6 Å². The van der Waals surface area contributed by atoms with Gasteiger partial charge >= 0.3 is 6.09 Å². The fourth-order valence-electron chi connectivity index (χ4n) is 3.08. The molecule has 2 aliphatic rings. The summed E-state index contributed by atoms with van der Waals surface area (Å²) in [5.41, 5.74) is 0. The van der Waals surface area contributed by atoms with Crippen molar-refractivity contribution in [3.05, 3.63) is 0 Å². The number of nitrogens with one attached hydrogen (secondary N) is 2. The zero-order chi connectivity index (χ0) is 18.1. The van der Waals surface area contributed by atoms with Crippen LogP contribution < -0.4 is 10.6 Å². The van der Waals surface area contributed by atoms with E-state index in [1.54, 1.807) is 11.8 Å². The predicted octanol–water partition coefficient (Wildman–Crippen LogP) is 0.799. The van der Waals surface area contributed by atoms with E-state index in [0.29, 0.717) is 45.7 Å². The van der Waals surface area contributed by atoms with Crippen LogP contribution in [-0.2, 0) is 19.1 Å². The van der Waals surface area contributed by atoms with E-state index in [4.69, 9.17) is 9.47 Å². The molecule has 8 heteroatoms. The highest BCUT2D eigenvalue weighted by Gasteiger charge is 2.25. The third-order valence-electron chi connectivity index (χ3n) is 4.49. The van der Waals surface area contributed by atoms with Crippen molar-refractivity contribution >= 4 is 17.9 Å². The lowest BCUT2D eigenvalue weighted by molar-refractivity contribution is -0.130. The Bertz CT molecular complexity index is 457. The zero-order valence-electron chi connectivity index (χ0n) is 14.9. The average molecular weight is 355 g/mol. The average Bonchev–Trinajstić information content (AvgIpc) is 3.14. The summed E-state index contributed by atoms with van der Waals surface area (Å²) in [6.07, 6.45) is 3.55. The lowest BCUT2D eigenvalue weighted by atomic mass is 10.1. The van der Waals surface area contributed by atoms with Gasteiger partial charge in [0.2, 0.25) is 11.8 Å². The SMILES string of the molecule is CCOC(=O)N1CCC(NC(=O)CCCNC(=O)C2CCCO2)CC1. The van der Waals surface area contributed by atoms with Gasteiger partial charge in [-0.3, -0.25) is 9.59 Å². The fraction of sp³-hybridized carbons (Fsp3) is 0.824. The van der Waals surface area contributed by atoms with E-state index >= 15 is 0 Å². The van der Waals surface area contributed by atoms with Crippen LogP contribution in [0.2, 0.25) is 0 Å². The molecule has 8 nitrogen and oxygen atoms in total. The molecular formula is C17H29N3O5. The molecule has 2 rings (SSSR count). The van der Waals surface area contributed by atoms with Crippen LogP contribution in [0, 0.1) is 0 Å². The molecule has 0 aliphatic carbocycles. The fourth-order valence-corrected chi connectivity index (χ4v) is 3.08. The van der Waals surface area contributed by atoms with E-state index in [1.165, 1.54) is 0 Å². The van der Waals surface area contributed by atoms with Crippen LogP contribution in [0.4, 0.5) is 4.79 Å². The maximum atomic E-state index is 12.0. The Labute approximate surface area is 148 Å². The number of carbonyl (C=O) groups excluding carboxylic acids is 3. The monoisotopic (exact) mass is 355 g/mol. The minimum absolute atomic E-state index is 0.0130. The first-order valence-electron chi connectivity index (χ1n) is 9.20. The van der Waals surface area contributed by atoms with Gasteiger partial charge < -0.3 is 25.0 Å². The molecule has 0 radical (unpaired) electrons. The van der Waals surface area contributed by atoms with E-state index in [9.17, 15) is 14.4 Å². The van der Waals surface area contributed by atoms with Crippen LogP contribution in [0.25, 0.3) is 0 Å². The molecule has 0 spiro atoms. The molecule has 2 N–H and O–H groups in total. The summed E-state index contributed by atoms with van der Waals surface area (Å²) in [5, 5.41) is 5.81. The van der Waals surface area contributed by atoms with Crippen molar-refractivity contribution in [1.82, 2.24) is 15.5 Å². The number of ether oxygens (including phenoxy) is 2. The number of carbonyl (C=O) groups is 3. The molecule has 1 unspecified atom stereocenters. The minimum atomic E-state index is -0.321. The molecule has 142 valence electrons. The molecular weight excluding hydrogens is 326 g/mol. The first-order valence-corrected chi connectivity index (χ1v) is 9.20. The van der Waals surface area contributed by atoms with Gasteiger partial charge in [0.05, 0.1) is 6.61 Å². The molecule has 0 aromatic heterocycles. The summed E-state index contributed by atoms with van der Waals surface area (Å²) in [5.74, 6) is -0.0924. The molecule has 0 aromatic rings. The molecule has 2 heterocycles. The van der Waals surface area contributed by atoms with E-state index < -0.39 is 0 Å². The van der Waals surface area contributed by atoms with Crippen LogP contribution in [0.15, 0.2) is 0 Å². The molecule has 1 atom stereocenters. The van der Waals surface area contributed by atoms with Gasteiger partial charge in [-0.05, 0) is 39.0 Å². The highest BCUT2D eigenvalue weighted by molar-refractivity contribution is 5.81. The van der Waals surface area contributed by atoms with Crippen molar-refractivity contribution < 1.29 is 23.9 Å². The molecule has 0 saturated carbocycles. The smallest absolute Gasteiger partial charge is 0.409 e. The summed E-state index contributed by atoms with van der Waals surface area (Å²) in [6, 6.07) is 0.0969. The van der Waals surface area contributed by atoms with Crippen LogP contribution >= 0.6 is 0 Å². The molecule has 0 aromatic carbocycles. The third kappa shape index (κ3) is 6.53. The summed E-state index contributed by atoms with van der Waals surface area (Å²) in [4.78, 5) is 37.0. The summed E-state index contributed by atoms with van der Waals surface area (Å²) < 4.78 is 10.3. The zero-order valence-corrected chi connectivity index (χ0v) is 14.9. The van der Waals surface area contributed by atoms with Crippen LogP contribution in [0.1, 0.15) is 45.4 Å². The maximum absolute atomic E-state index is 12.0. The Morgan fingerprint density at radius 3 is 2.60 bits per heavy atom. The Balaban J connectivity index is 1.54. The van der Waals surface area contributed by atoms with Gasteiger partial charge in [0.15, 0.2) is 0 Å². The number of hydrogen-bond donors (Lipinski definition) is 2. The standard InChI is InChI=1S/C17H29N3O5/c1-2-24-17(23)20-10-7-13(8-11-20)19-15(21)6-3-9-18-16(22)14-5-4-12-25-14/h13-14H,2-12H2,1H3,(H,18,22)(H,19,21). The van der Waals surface area contributed by atoms with Crippen molar-refractivity contribution in [1.29, 1.82) is 0 Å². The first kappa shape index (κ1) is 19.5. The molecule has 2 saturated heterocycles. The molecule has 0 bridgehead atoms. The Kier molecular flexibility index (Phi) is 7.97. The largest absolute Gasteiger partial charge is 0.450 e. The van der Waals surface area contributed by atoms with Crippen molar-refractivity contribution in [2.24, 2.45) is 0 Å². The number of amides is 3. The highest BCUT2D eigenvalue weighted by atomic mass is 16.6. The topological polar surface area (TPSA) is 97.0 Å². The second-order valence-electron chi connectivity index (χ2n) is 6.42. The lowest BCUT2D eigenvalue weighted by Gasteiger charge is -2.31. The van der Waals surface area contributed by atoms with Gasteiger partial charge in [0, 0.05) is 38.7 Å². The number of hydrogen-bond acceptors (Lipinski definition) is 5. The summed E-state index contributed by atoms with van der Waals surface area (Å²) in [7, 11) is 0. The van der Waals surface area contributed by atoms with Crippen molar-refractivity contribution in [3.63, 3.8) is 0 Å². The molecule has 3 amide bonds. The molecule has 2 aliphatic heterocycles. The first-order chi connectivity index (χ1) is 12.1. The molecule has 25 heavy (non-hydrogen) atoms. The van der Waals surface area contributed by atoms with E-state index in [2.05, 4.69) is 10.6 Å². The Morgan fingerprint density at radius 1 is 1.20 bits per heavy atom. The van der Waals surface area contributed by atoms with Crippen LogP contribution in [0.5, 0.6) is 0 Å². The molecule has 2 fully saturated rings. The maximum Gasteiger partial charge on any atom is 0.409 e. The second kappa shape index (κ2) is 10.2. The number of piperidine rings is 1. The Morgan fingerprint density at radius 2 is 1.96 bits per heavy atom. The van der Waals surface area contributed by atoms with Crippen molar-refractivity contribution in [3.8, 4) is 0 Å². The van der Waals surface area contributed by atoms with Gasteiger partial charge in [-0.25, -0.2) is 4.79 Å². The van der Waals surface area contributed by atoms with E-state index in [-0.39, 0.29) is 30.1 Å².